The quantitative estimate of drug-likeness (QED) is 0.507. The van der Waals surface area contributed by atoms with E-state index in [0.717, 1.165) is 5.39 Å². The molecule has 0 bridgehead atoms. The number of aromatic hydroxyl groups is 1. The Morgan fingerprint density at radius 3 is 2.46 bits per heavy atom. The second-order valence-electron chi connectivity index (χ2n) is 5.62. The van der Waals surface area contributed by atoms with Crippen LogP contribution in [0, 0.1) is 0 Å². The minimum Gasteiger partial charge on any atom is -0.507 e. The standard InChI is InChI=1S/C18H12Cl2N2O2/c1-21-11-3-7-9(19)6-14(24)18-12(22-2)4-8-10(20)5-13(23)17(11)15(8)16(7)18/h3-6,21,24H,1-2H3. The highest BCUT2D eigenvalue weighted by molar-refractivity contribution is 6.40. The molecule has 0 aliphatic heterocycles. The number of anilines is 1. The summed E-state index contributed by atoms with van der Waals surface area (Å²) in [5, 5.41) is 17.4. The van der Waals surface area contributed by atoms with Gasteiger partial charge in [-0.1, -0.05) is 23.2 Å². The van der Waals surface area contributed by atoms with Crippen LogP contribution in [0.4, 0.5) is 5.69 Å². The maximum absolute atomic E-state index is 12.6. The van der Waals surface area contributed by atoms with Crippen molar-refractivity contribution in [3.63, 3.8) is 0 Å². The van der Waals surface area contributed by atoms with Crippen LogP contribution in [0.5, 0.6) is 5.75 Å². The molecule has 6 heteroatoms. The van der Waals surface area contributed by atoms with E-state index in [1.54, 1.807) is 20.2 Å². The number of benzene rings is 4. The topological polar surface area (TPSA) is 61.7 Å². The van der Waals surface area contributed by atoms with Crippen LogP contribution < -0.4 is 16.1 Å². The van der Waals surface area contributed by atoms with Crippen molar-refractivity contribution in [2.45, 2.75) is 0 Å². The van der Waals surface area contributed by atoms with E-state index in [1.165, 1.54) is 12.1 Å². The smallest absolute Gasteiger partial charge is 0.190 e. The Morgan fingerprint density at radius 2 is 1.79 bits per heavy atom. The zero-order chi connectivity index (χ0) is 17.2. The molecule has 0 amide bonds. The average molecular weight is 359 g/mol. The number of nitrogens with zero attached hydrogens (tertiary/aromatic N) is 1. The summed E-state index contributed by atoms with van der Waals surface area (Å²) >= 11 is 12.7. The minimum absolute atomic E-state index is 0.0286. The van der Waals surface area contributed by atoms with Crippen LogP contribution in [-0.4, -0.2) is 19.2 Å². The maximum atomic E-state index is 12.6. The molecule has 120 valence electrons. The van der Waals surface area contributed by atoms with Gasteiger partial charge in [-0.2, -0.15) is 0 Å². The first-order valence-corrected chi connectivity index (χ1v) is 8.04. The van der Waals surface area contributed by atoms with E-state index in [1.807, 2.05) is 6.07 Å². The summed E-state index contributed by atoms with van der Waals surface area (Å²) in [5.74, 6) is 0.0286. The fraction of sp³-hybridized carbons (Fsp3) is 0.111. The van der Waals surface area contributed by atoms with E-state index in [-0.39, 0.29) is 11.2 Å². The van der Waals surface area contributed by atoms with Gasteiger partial charge in [0.2, 0.25) is 0 Å². The highest BCUT2D eigenvalue weighted by Gasteiger charge is 2.24. The lowest BCUT2D eigenvalue weighted by Gasteiger charge is -2.20. The van der Waals surface area contributed by atoms with Crippen LogP contribution in [0.15, 0.2) is 34.1 Å². The number of phenolic OH excluding ortho intramolecular Hbond substituents is 1. The van der Waals surface area contributed by atoms with E-state index in [0.29, 0.717) is 48.4 Å². The van der Waals surface area contributed by atoms with Crippen molar-refractivity contribution in [2.24, 2.45) is 4.99 Å². The van der Waals surface area contributed by atoms with Gasteiger partial charge < -0.3 is 10.4 Å². The third-order valence-corrected chi connectivity index (χ3v) is 5.06. The van der Waals surface area contributed by atoms with Crippen molar-refractivity contribution in [1.29, 1.82) is 0 Å². The Kier molecular flexibility index (Phi) is 3.24. The monoisotopic (exact) mass is 358 g/mol. The van der Waals surface area contributed by atoms with Crippen molar-refractivity contribution in [3.05, 3.63) is 49.9 Å². The summed E-state index contributed by atoms with van der Waals surface area (Å²) in [4.78, 5) is 16.8. The predicted molar refractivity (Wildman–Crippen MR) is 99.4 cm³/mol. The molecule has 24 heavy (non-hydrogen) atoms. The molecule has 4 rings (SSSR count). The zero-order valence-corrected chi connectivity index (χ0v) is 14.4. The molecule has 0 heterocycles. The molecule has 2 N–H and O–H groups in total. The summed E-state index contributed by atoms with van der Waals surface area (Å²) in [5.41, 5.74) is 1.89. The summed E-state index contributed by atoms with van der Waals surface area (Å²) < 4.78 is 0. The zero-order valence-electron chi connectivity index (χ0n) is 12.9. The minimum atomic E-state index is -0.180. The molecule has 2 aliphatic rings. The first-order chi connectivity index (χ1) is 11.5. The number of nitrogens with one attached hydrogen (secondary N) is 1. The van der Waals surface area contributed by atoms with E-state index in [9.17, 15) is 9.90 Å². The average Bonchev–Trinajstić information content (AvgIpc) is 2.56. The lowest BCUT2D eigenvalue weighted by Crippen LogP contribution is -2.12. The van der Waals surface area contributed by atoms with Crippen LogP contribution in [0.1, 0.15) is 0 Å². The largest absolute Gasteiger partial charge is 0.507 e. The number of phenols is 1. The van der Waals surface area contributed by atoms with Crippen LogP contribution in [0.25, 0.3) is 32.7 Å². The van der Waals surface area contributed by atoms with Gasteiger partial charge in [0.25, 0.3) is 0 Å². The number of hydrogen-bond donors (Lipinski definition) is 2. The molecule has 4 nitrogen and oxygen atoms in total. The first kappa shape index (κ1) is 15.2. The van der Waals surface area contributed by atoms with Gasteiger partial charge in [0.05, 0.1) is 26.2 Å². The van der Waals surface area contributed by atoms with Crippen molar-refractivity contribution in [1.82, 2.24) is 0 Å². The number of rotatable bonds is 1. The Morgan fingerprint density at radius 1 is 1.04 bits per heavy atom. The highest BCUT2D eigenvalue weighted by Crippen LogP contribution is 2.46. The maximum Gasteiger partial charge on any atom is 0.190 e. The molecule has 0 saturated carbocycles. The van der Waals surface area contributed by atoms with Gasteiger partial charge in [0, 0.05) is 47.7 Å². The Labute approximate surface area is 147 Å². The normalized spacial score (nSPS) is 12.8. The molecule has 0 aromatic heterocycles. The fourth-order valence-corrected chi connectivity index (χ4v) is 3.92. The van der Waals surface area contributed by atoms with Gasteiger partial charge in [-0.25, -0.2) is 0 Å². The lowest BCUT2D eigenvalue weighted by atomic mass is 9.87. The van der Waals surface area contributed by atoms with Crippen LogP contribution >= 0.6 is 23.2 Å². The summed E-state index contributed by atoms with van der Waals surface area (Å²) in [6.07, 6.45) is 0. The fourth-order valence-electron chi connectivity index (χ4n) is 3.42. The number of hydrogen-bond acceptors (Lipinski definition) is 4. The second kappa shape index (κ2) is 5.10. The molecule has 0 spiro atoms. The first-order valence-electron chi connectivity index (χ1n) is 7.29. The molecular formula is C18H12Cl2N2O2. The molecule has 0 atom stereocenters. The Balaban J connectivity index is 2.52. The molecule has 0 unspecified atom stereocenters. The predicted octanol–water partition coefficient (Wildman–Crippen LogP) is 3.92. The summed E-state index contributed by atoms with van der Waals surface area (Å²) in [6, 6.07) is 6.52. The van der Waals surface area contributed by atoms with Gasteiger partial charge in [0.1, 0.15) is 5.75 Å². The van der Waals surface area contributed by atoms with Gasteiger partial charge in [-0.15, -0.1) is 0 Å². The molecule has 0 saturated heterocycles. The SMILES string of the molecule is CN=c1cc2c(Cl)cc(=O)c3c(NC)cc4c(Cl)cc(O)c1c4c3-2. The molecule has 2 aromatic carbocycles. The van der Waals surface area contributed by atoms with Crippen molar-refractivity contribution < 1.29 is 5.11 Å². The second-order valence-corrected chi connectivity index (χ2v) is 6.44. The Hall–Kier alpha value is -2.30. The third kappa shape index (κ3) is 1.81. The van der Waals surface area contributed by atoms with Crippen LogP contribution in [0.2, 0.25) is 10.0 Å². The number of halogens is 2. The van der Waals surface area contributed by atoms with Gasteiger partial charge >= 0.3 is 0 Å². The highest BCUT2D eigenvalue weighted by atomic mass is 35.5. The van der Waals surface area contributed by atoms with Gasteiger partial charge in [-0.05, 0) is 18.2 Å². The van der Waals surface area contributed by atoms with Crippen molar-refractivity contribution in [3.8, 4) is 16.9 Å². The van der Waals surface area contributed by atoms with Crippen LogP contribution in [0.3, 0.4) is 0 Å². The van der Waals surface area contributed by atoms with E-state index < -0.39 is 0 Å². The summed E-state index contributed by atoms with van der Waals surface area (Å²) in [6.45, 7) is 0. The lowest BCUT2D eigenvalue weighted by molar-refractivity contribution is 0.481. The third-order valence-electron chi connectivity index (χ3n) is 4.43. The van der Waals surface area contributed by atoms with E-state index >= 15 is 0 Å². The van der Waals surface area contributed by atoms with Gasteiger partial charge in [-0.3, -0.25) is 9.79 Å². The molecule has 0 radical (unpaired) electrons. The van der Waals surface area contributed by atoms with E-state index in [4.69, 9.17) is 23.2 Å². The summed E-state index contributed by atoms with van der Waals surface area (Å²) in [7, 11) is 3.39. The molecule has 2 aromatic rings. The van der Waals surface area contributed by atoms with Crippen molar-refractivity contribution >= 4 is 50.4 Å². The van der Waals surface area contributed by atoms with Crippen molar-refractivity contribution in [2.75, 3.05) is 19.4 Å². The van der Waals surface area contributed by atoms with E-state index in [2.05, 4.69) is 10.3 Å². The van der Waals surface area contributed by atoms with Crippen LogP contribution in [-0.2, 0) is 0 Å². The molecule has 2 aliphatic carbocycles. The Bertz CT molecular complexity index is 1200. The van der Waals surface area contributed by atoms with Gasteiger partial charge in [0.15, 0.2) is 5.43 Å². The molecular weight excluding hydrogens is 347 g/mol. The molecule has 0 fully saturated rings.